The first-order valence-corrected chi connectivity index (χ1v) is 6.37. The van der Waals surface area contributed by atoms with Gasteiger partial charge in [0, 0.05) is 23.5 Å². The van der Waals surface area contributed by atoms with E-state index in [1.807, 2.05) is 26.0 Å². The minimum absolute atomic E-state index is 0.0325. The van der Waals surface area contributed by atoms with Crippen molar-refractivity contribution < 1.29 is 4.79 Å². The van der Waals surface area contributed by atoms with E-state index in [9.17, 15) is 4.79 Å². The van der Waals surface area contributed by atoms with Crippen LogP contribution >= 0.6 is 11.6 Å². The van der Waals surface area contributed by atoms with Gasteiger partial charge in [0.2, 0.25) is 0 Å². The molecule has 0 aromatic heterocycles. The van der Waals surface area contributed by atoms with Crippen molar-refractivity contribution >= 4 is 23.2 Å². The molecule has 0 heterocycles. The second-order valence-electron chi connectivity index (χ2n) is 4.04. The molecule has 1 rings (SSSR count). The summed E-state index contributed by atoms with van der Waals surface area (Å²) < 4.78 is 0. The first-order valence-electron chi connectivity index (χ1n) is 5.99. The Morgan fingerprint density at radius 1 is 1.53 bits per heavy atom. The third-order valence-electron chi connectivity index (χ3n) is 2.44. The molecule has 1 aromatic rings. The molecule has 0 radical (unpaired) electrons. The van der Waals surface area contributed by atoms with Crippen LogP contribution in [0.3, 0.4) is 0 Å². The molecule has 0 saturated heterocycles. The second kappa shape index (κ2) is 7.45. The molecule has 19 heavy (non-hydrogen) atoms. The Labute approximate surface area is 118 Å². The zero-order chi connectivity index (χ0) is 14.3. The van der Waals surface area contributed by atoms with E-state index >= 15 is 0 Å². The van der Waals surface area contributed by atoms with Gasteiger partial charge < -0.3 is 10.6 Å². The lowest BCUT2D eigenvalue weighted by molar-refractivity contribution is -0.112. The maximum atomic E-state index is 11.8. The highest BCUT2D eigenvalue weighted by molar-refractivity contribution is 6.31. The number of hydrogen-bond acceptors (Lipinski definition) is 3. The van der Waals surface area contributed by atoms with Crippen molar-refractivity contribution in [1.29, 1.82) is 5.26 Å². The molecule has 0 saturated carbocycles. The van der Waals surface area contributed by atoms with Gasteiger partial charge in [-0.2, -0.15) is 5.26 Å². The summed E-state index contributed by atoms with van der Waals surface area (Å²) in [7, 11) is 0. The zero-order valence-electron chi connectivity index (χ0n) is 11.0. The van der Waals surface area contributed by atoms with E-state index in [2.05, 4.69) is 10.6 Å². The van der Waals surface area contributed by atoms with Gasteiger partial charge in [0.1, 0.15) is 11.6 Å². The Hall–Kier alpha value is -1.99. The summed E-state index contributed by atoms with van der Waals surface area (Å²) in [6, 6.07) is 7.07. The number of carbonyl (C=O) groups excluding carboxylic acids is 1. The summed E-state index contributed by atoms with van der Waals surface area (Å²) in [4.78, 5) is 11.8. The van der Waals surface area contributed by atoms with Crippen LogP contribution in [0.1, 0.15) is 18.9 Å². The van der Waals surface area contributed by atoms with Crippen LogP contribution in [0.25, 0.3) is 0 Å². The molecule has 1 amide bonds. The van der Waals surface area contributed by atoms with E-state index < -0.39 is 5.91 Å². The first kappa shape index (κ1) is 15.1. The fourth-order valence-corrected chi connectivity index (χ4v) is 1.52. The van der Waals surface area contributed by atoms with E-state index in [1.165, 1.54) is 6.20 Å². The van der Waals surface area contributed by atoms with Gasteiger partial charge in [0.15, 0.2) is 0 Å². The Morgan fingerprint density at radius 3 is 2.84 bits per heavy atom. The fraction of sp³-hybridized carbons (Fsp3) is 0.286. The van der Waals surface area contributed by atoms with E-state index in [0.29, 0.717) is 10.7 Å². The van der Waals surface area contributed by atoms with E-state index in [4.69, 9.17) is 16.9 Å². The minimum atomic E-state index is -0.453. The highest BCUT2D eigenvalue weighted by atomic mass is 35.5. The number of rotatable bonds is 5. The van der Waals surface area contributed by atoms with E-state index in [1.54, 1.807) is 12.1 Å². The molecule has 4 nitrogen and oxygen atoms in total. The molecule has 0 atom stereocenters. The number of amides is 1. The summed E-state index contributed by atoms with van der Waals surface area (Å²) in [5.74, 6) is -0.453. The Balaban J connectivity index is 2.74. The van der Waals surface area contributed by atoms with E-state index in [-0.39, 0.29) is 5.57 Å². The second-order valence-corrected chi connectivity index (χ2v) is 4.45. The fourth-order valence-electron chi connectivity index (χ4n) is 1.34. The molecule has 5 heteroatoms. The van der Waals surface area contributed by atoms with Crippen molar-refractivity contribution in [1.82, 2.24) is 5.32 Å². The number of halogens is 1. The number of nitriles is 1. The minimum Gasteiger partial charge on any atom is -0.390 e. The van der Waals surface area contributed by atoms with Crippen LogP contribution < -0.4 is 10.6 Å². The molecule has 0 aliphatic heterocycles. The van der Waals surface area contributed by atoms with Gasteiger partial charge in [-0.1, -0.05) is 24.6 Å². The lowest BCUT2D eigenvalue weighted by Gasteiger charge is -2.06. The lowest BCUT2D eigenvalue weighted by Crippen LogP contribution is -2.17. The maximum absolute atomic E-state index is 11.8. The number of hydrogen-bond donors (Lipinski definition) is 2. The van der Waals surface area contributed by atoms with Crippen molar-refractivity contribution in [3.63, 3.8) is 0 Å². The van der Waals surface area contributed by atoms with Gasteiger partial charge in [-0.05, 0) is 31.0 Å². The predicted molar refractivity (Wildman–Crippen MR) is 76.8 cm³/mol. The van der Waals surface area contributed by atoms with Crippen LogP contribution in [0.15, 0.2) is 30.0 Å². The Morgan fingerprint density at radius 2 is 2.26 bits per heavy atom. The van der Waals surface area contributed by atoms with Gasteiger partial charge in [0.25, 0.3) is 5.91 Å². The van der Waals surface area contributed by atoms with Gasteiger partial charge in [-0.15, -0.1) is 0 Å². The number of nitrogens with one attached hydrogen (secondary N) is 2. The van der Waals surface area contributed by atoms with Crippen LogP contribution in [0.2, 0.25) is 5.02 Å². The molecule has 0 aliphatic rings. The molecule has 0 spiro atoms. The number of anilines is 1. The van der Waals surface area contributed by atoms with Gasteiger partial charge in [-0.25, -0.2) is 0 Å². The average Bonchev–Trinajstić information content (AvgIpc) is 2.39. The van der Waals surface area contributed by atoms with Crippen molar-refractivity contribution in [2.45, 2.75) is 20.3 Å². The molecule has 100 valence electrons. The summed E-state index contributed by atoms with van der Waals surface area (Å²) in [6.45, 7) is 4.60. The summed E-state index contributed by atoms with van der Waals surface area (Å²) in [6.07, 6.45) is 2.35. The highest BCUT2D eigenvalue weighted by Crippen LogP contribution is 2.20. The largest absolute Gasteiger partial charge is 0.390 e. The Kier molecular flexibility index (Phi) is 5.91. The van der Waals surface area contributed by atoms with Gasteiger partial charge in [0.05, 0.1) is 0 Å². The number of carbonyl (C=O) groups is 1. The average molecular weight is 278 g/mol. The summed E-state index contributed by atoms with van der Waals surface area (Å²) in [5, 5.41) is 15.0. The van der Waals surface area contributed by atoms with Crippen LogP contribution in [-0.4, -0.2) is 12.5 Å². The highest BCUT2D eigenvalue weighted by Gasteiger charge is 2.09. The van der Waals surface area contributed by atoms with Crippen LogP contribution in [-0.2, 0) is 4.79 Å². The van der Waals surface area contributed by atoms with Crippen LogP contribution in [0.5, 0.6) is 0 Å². The normalized spacial score (nSPS) is 10.7. The van der Waals surface area contributed by atoms with Crippen molar-refractivity contribution in [2.24, 2.45) is 0 Å². The van der Waals surface area contributed by atoms with Crippen LogP contribution in [0.4, 0.5) is 5.69 Å². The third-order valence-corrected chi connectivity index (χ3v) is 2.84. The first-order chi connectivity index (χ1) is 9.08. The predicted octanol–water partition coefficient (Wildman–Crippen LogP) is 2.99. The van der Waals surface area contributed by atoms with Gasteiger partial charge >= 0.3 is 0 Å². The molecular formula is C14H16ClN3O. The Bertz CT molecular complexity index is 532. The number of nitrogens with zero attached hydrogens (tertiary/aromatic N) is 1. The standard InChI is InChI=1S/C14H16ClN3O/c1-3-6-17-9-11(8-16)14(19)18-12-5-4-10(2)13(15)7-12/h4-5,7,9,17H,3,6H2,1-2H3,(H,18,19)/b11-9-. The van der Waals surface area contributed by atoms with Crippen molar-refractivity contribution in [3.8, 4) is 6.07 Å². The molecule has 0 bridgehead atoms. The quantitative estimate of drug-likeness (QED) is 0.494. The summed E-state index contributed by atoms with van der Waals surface area (Å²) in [5.41, 5.74) is 1.53. The summed E-state index contributed by atoms with van der Waals surface area (Å²) >= 11 is 5.97. The van der Waals surface area contributed by atoms with Gasteiger partial charge in [-0.3, -0.25) is 4.79 Å². The molecule has 2 N–H and O–H groups in total. The topological polar surface area (TPSA) is 64.9 Å². The molecular weight excluding hydrogens is 262 g/mol. The smallest absolute Gasteiger partial charge is 0.267 e. The molecule has 0 aliphatic carbocycles. The van der Waals surface area contributed by atoms with Crippen molar-refractivity contribution in [2.75, 3.05) is 11.9 Å². The monoisotopic (exact) mass is 277 g/mol. The number of benzene rings is 1. The van der Waals surface area contributed by atoms with Crippen LogP contribution in [0, 0.1) is 18.3 Å². The van der Waals surface area contributed by atoms with E-state index in [0.717, 1.165) is 18.5 Å². The SMILES string of the molecule is CCCN/C=C(/C#N)C(=O)Nc1ccc(C)c(Cl)c1. The lowest BCUT2D eigenvalue weighted by atomic mass is 10.2. The van der Waals surface area contributed by atoms with Crippen molar-refractivity contribution in [3.05, 3.63) is 40.6 Å². The molecule has 0 unspecified atom stereocenters. The number of aryl methyl sites for hydroxylation is 1. The molecule has 1 aromatic carbocycles. The molecule has 0 fully saturated rings. The maximum Gasteiger partial charge on any atom is 0.267 e. The zero-order valence-corrected chi connectivity index (χ0v) is 11.7. The third kappa shape index (κ3) is 4.65.